The summed E-state index contributed by atoms with van der Waals surface area (Å²) in [6, 6.07) is 40.6. The van der Waals surface area contributed by atoms with Crippen molar-refractivity contribution >= 4 is 50.9 Å². The van der Waals surface area contributed by atoms with Gasteiger partial charge in [0.05, 0.1) is 5.69 Å². The predicted octanol–water partition coefficient (Wildman–Crippen LogP) is 9.92. The van der Waals surface area contributed by atoms with Crippen LogP contribution in [0.3, 0.4) is 0 Å². The van der Waals surface area contributed by atoms with Gasteiger partial charge < -0.3 is 9.09 Å². The van der Waals surface area contributed by atoms with Crippen molar-refractivity contribution in [2.75, 3.05) is 0 Å². The molecule has 0 radical (unpaired) electrons. The van der Waals surface area contributed by atoms with Crippen LogP contribution in [-0.2, 0) is 6.54 Å². The third-order valence-electron chi connectivity index (χ3n) is 7.33. The number of hydrogen-bond acceptors (Lipinski definition) is 2. The van der Waals surface area contributed by atoms with Gasteiger partial charge in [-0.3, -0.25) is 0 Å². The monoisotopic (exact) mass is 516 g/mol. The minimum atomic E-state index is -2.65. The summed E-state index contributed by atoms with van der Waals surface area (Å²) in [5, 5.41) is 5.72. The fourth-order valence-electron chi connectivity index (χ4n) is 5.46. The lowest BCUT2D eigenvalue weighted by molar-refractivity contribution is 0.571. The van der Waals surface area contributed by atoms with Gasteiger partial charge in [-0.2, -0.15) is 0 Å². The van der Waals surface area contributed by atoms with Crippen molar-refractivity contribution in [2.45, 2.75) is 39.4 Å². The normalized spacial score (nSPS) is 13.6. The quantitative estimate of drug-likeness (QED) is 0.209. The number of benzene rings is 5. The smallest absolute Gasteiger partial charge is 0.173 e. The molecule has 190 valence electrons. The molecule has 1 heterocycles. The molecule has 6 aromatic rings. The molecule has 3 nitrogen and oxygen atoms in total. The molecule has 0 saturated carbocycles. The SMILES string of the molecule is CCn1c2ccccc2c2cc(P(=Nc3cccc4ccccc34)(Oc3ccccc3)C(C)(C)C)ccc21. The molecule has 1 unspecified atom stereocenters. The van der Waals surface area contributed by atoms with E-state index in [1.807, 2.05) is 30.3 Å². The van der Waals surface area contributed by atoms with Gasteiger partial charge in [0.1, 0.15) is 5.75 Å². The number of para-hydroxylation sites is 2. The first-order valence-electron chi connectivity index (χ1n) is 13.3. The van der Waals surface area contributed by atoms with E-state index in [1.165, 1.54) is 27.2 Å². The number of rotatable bonds is 5. The maximum atomic E-state index is 7.14. The van der Waals surface area contributed by atoms with Gasteiger partial charge in [-0.25, -0.2) is 4.74 Å². The zero-order chi connectivity index (χ0) is 26.3. The Kier molecular flexibility index (Phi) is 6.13. The van der Waals surface area contributed by atoms with Crippen LogP contribution in [0, 0.1) is 0 Å². The van der Waals surface area contributed by atoms with Gasteiger partial charge >= 0.3 is 0 Å². The average Bonchev–Trinajstić information content (AvgIpc) is 3.26. The van der Waals surface area contributed by atoms with E-state index in [-0.39, 0.29) is 5.16 Å². The summed E-state index contributed by atoms with van der Waals surface area (Å²) in [6.07, 6.45) is 0. The largest absolute Gasteiger partial charge is 0.455 e. The highest BCUT2D eigenvalue weighted by molar-refractivity contribution is 7.71. The highest BCUT2D eigenvalue weighted by Gasteiger charge is 2.39. The Morgan fingerprint density at radius 3 is 2.11 bits per heavy atom. The lowest BCUT2D eigenvalue weighted by Gasteiger charge is -2.37. The Balaban J connectivity index is 1.71. The first-order valence-corrected chi connectivity index (χ1v) is 14.9. The molecular weight excluding hydrogens is 483 g/mol. The molecule has 0 N–H and O–H groups in total. The first-order chi connectivity index (χ1) is 18.4. The van der Waals surface area contributed by atoms with E-state index in [9.17, 15) is 0 Å². The standard InChI is InChI=1S/C34H33N2OP/c1-5-36-32-21-12-11-19-29(32)30-24-27(22-23-33(30)36)38(34(2,3)4,37-26-16-7-6-8-17-26)35-31-20-13-15-25-14-9-10-18-28(25)31/h6-24H,5H2,1-4H3. The van der Waals surface area contributed by atoms with Crippen molar-refractivity contribution in [1.29, 1.82) is 0 Å². The molecule has 5 aromatic carbocycles. The fraction of sp³-hybridized carbons (Fsp3) is 0.176. The summed E-state index contributed by atoms with van der Waals surface area (Å²) in [6.45, 7) is 9.91. The second-order valence-corrected chi connectivity index (χ2v) is 14.1. The Morgan fingerprint density at radius 2 is 1.34 bits per heavy atom. The maximum Gasteiger partial charge on any atom is 0.173 e. The van der Waals surface area contributed by atoms with Crippen LogP contribution in [0.15, 0.2) is 120 Å². The lowest BCUT2D eigenvalue weighted by atomic mass is 10.1. The third kappa shape index (κ3) is 4.03. The summed E-state index contributed by atoms with van der Waals surface area (Å²) in [4.78, 5) is 0. The third-order valence-corrected chi connectivity index (χ3v) is 11.1. The van der Waals surface area contributed by atoms with Crippen molar-refractivity contribution in [3.8, 4) is 5.75 Å². The fourth-order valence-corrected chi connectivity index (χ4v) is 8.55. The van der Waals surface area contributed by atoms with Crippen molar-refractivity contribution < 1.29 is 4.52 Å². The molecule has 6 rings (SSSR count). The van der Waals surface area contributed by atoms with Gasteiger partial charge in [-0.15, -0.1) is 0 Å². The van der Waals surface area contributed by atoms with E-state index in [2.05, 4.69) is 117 Å². The molecular formula is C34H33N2OP. The summed E-state index contributed by atoms with van der Waals surface area (Å²) >= 11 is 0. The predicted molar refractivity (Wildman–Crippen MR) is 165 cm³/mol. The van der Waals surface area contributed by atoms with Crippen LogP contribution in [0.2, 0.25) is 0 Å². The highest BCUT2D eigenvalue weighted by Crippen LogP contribution is 2.62. The molecule has 0 saturated heterocycles. The lowest BCUT2D eigenvalue weighted by Crippen LogP contribution is -2.27. The van der Waals surface area contributed by atoms with E-state index >= 15 is 0 Å². The van der Waals surface area contributed by atoms with E-state index in [0.29, 0.717) is 0 Å². The van der Waals surface area contributed by atoms with Gasteiger partial charge in [-0.05, 0) is 54.8 Å². The van der Waals surface area contributed by atoms with Gasteiger partial charge in [-0.1, -0.05) is 93.6 Å². The molecule has 0 aliphatic carbocycles. The van der Waals surface area contributed by atoms with Crippen LogP contribution >= 0.6 is 7.28 Å². The van der Waals surface area contributed by atoms with Gasteiger partial charge in [0.2, 0.25) is 0 Å². The number of hydrogen-bond donors (Lipinski definition) is 0. The van der Waals surface area contributed by atoms with Crippen molar-refractivity contribution in [3.63, 3.8) is 0 Å². The second kappa shape index (κ2) is 9.49. The Hall–Kier alpha value is -3.81. The minimum absolute atomic E-state index is 0.267. The molecule has 0 aliphatic heterocycles. The van der Waals surface area contributed by atoms with E-state index in [4.69, 9.17) is 9.27 Å². The summed E-state index contributed by atoms with van der Waals surface area (Å²) in [5.74, 6) is 0.843. The Bertz CT molecular complexity index is 1820. The van der Waals surface area contributed by atoms with Crippen LogP contribution < -0.4 is 9.83 Å². The van der Waals surface area contributed by atoms with E-state index in [1.54, 1.807) is 0 Å². The van der Waals surface area contributed by atoms with Gasteiger partial charge in [0, 0.05) is 44.2 Å². The highest BCUT2D eigenvalue weighted by atomic mass is 31.2. The molecule has 0 spiro atoms. The zero-order valence-corrected chi connectivity index (χ0v) is 23.3. The molecule has 0 fully saturated rings. The van der Waals surface area contributed by atoms with Crippen LogP contribution in [0.5, 0.6) is 5.75 Å². The molecule has 0 aliphatic rings. The Morgan fingerprint density at radius 1 is 0.684 bits per heavy atom. The zero-order valence-electron chi connectivity index (χ0n) is 22.4. The van der Waals surface area contributed by atoms with E-state index < -0.39 is 7.28 Å². The minimum Gasteiger partial charge on any atom is -0.455 e. The van der Waals surface area contributed by atoms with Crippen molar-refractivity contribution in [2.24, 2.45) is 4.74 Å². The average molecular weight is 517 g/mol. The van der Waals surface area contributed by atoms with Crippen LogP contribution in [0.25, 0.3) is 32.6 Å². The van der Waals surface area contributed by atoms with Crippen molar-refractivity contribution in [1.82, 2.24) is 4.57 Å². The molecule has 0 amide bonds. The van der Waals surface area contributed by atoms with Crippen LogP contribution in [0.4, 0.5) is 5.69 Å². The summed E-state index contributed by atoms with van der Waals surface area (Å²) < 4.78 is 15.2. The molecule has 38 heavy (non-hydrogen) atoms. The Labute approximate surface area is 224 Å². The molecule has 0 bridgehead atoms. The van der Waals surface area contributed by atoms with Crippen molar-refractivity contribution in [3.05, 3.63) is 115 Å². The number of nitrogens with zero attached hydrogens (tertiary/aromatic N) is 2. The second-order valence-electron chi connectivity index (χ2n) is 10.7. The van der Waals surface area contributed by atoms with E-state index in [0.717, 1.165) is 28.7 Å². The first kappa shape index (κ1) is 24.5. The molecule has 1 aromatic heterocycles. The number of fused-ring (bicyclic) bond motifs is 4. The number of aryl methyl sites for hydroxylation is 1. The van der Waals surface area contributed by atoms with Crippen LogP contribution in [-0.4, -0.2) is 9.72 Å². The topological polar surface area (TPSA) is 26.5 Å². The number of aromatic nitrogens is 1. The summed E-state index contributed by atoms with van der Waals surface area (Å²) in [5.41, 5.74) is 3.48. The summed E-state index contributed by atoms with van der Waals surface area (Å²) in [7, 11) is -2.65. The van der Waals surface area contributed by atoms with Gasteiger partial charge in [0.25, 0.3) is 0 Å². The van der Waals surface area contributed by atoms with Crippen LogP contribution in [0.1, 0.15) is 27.7 Å². The van der Waals surface area contributed by atoms with Gasteiger partial charge in [0.15, 0.2) is 7.28 Å². The maximum absolute atomic E-state index is 7.14. The molecule has 4 heteroatoms. The molecule has 1 atom stereocenters.